The summed E-state index contributed by atoms with van der Waals surface area (Å²) in [4.78, 5) is 24.1. The molecule has 0 amide bonds. The Bertz CT molecular complexity index is 985. The molecule has 0 fully saturated rings. The van der Waals surface area contributed by atoms with Gasteiger partial charge in [-0.3, -0.25) is 14.9 Å². The van der Waals surface area contributed by atoms with Gasteiger partial charge in [0.25, 0.3) is 5.69 Å². The minimum atomic E-state index is -0.986. The fourth-order valence-corrected chi connectivity index (χ4v) is 2.97. The number of carbonyl (C=O) groups excluding carboxylic acids is 1. The molecule has 0 aliphatic heterocycles. The zero-order chi connectivity index (χ0) is 19.2. The Morgan fingerprint density at radius 3 is 2.04 bits per heavy atom. The van der Waals surface area contributed by atoms with E-state index in [0.29, 0.717) is 11.1 Å². The van der Waals surface area contributed by atoms with E-state index in [1.54, 1.807) is 66.7 Å². The van der Waals surface area contributed by atoms with Gasteiger partial charge in [0, 0.05) is 11.6 Å². The Kier molecular flexibility index (Phi) is 5.37. The van der Waals surface area contributed by atoms with E-state index in [9.17, 15) is 20.1 Å². The number of Topliss-reactive ketones (excluding diaryl/α,β-unsaturated/α-hetero) is 1. The Morgan fingerprint density at radius 2 is 1.44 bits per heavy atom. The molecule has 0 aromatic heterocycles. The predicted octanol–water partition coefficient (Wildman–Crippen LogP) is 4.44. The summed E-state index contributed by atoms with van der Waals surface area (Å²) in [6.45, 7) is 0. The number of para-hydroxylation sites is 1. The van der Waals surface area contributed by atoms with Crippen molar-refractivity contribution < 1.29 is 14.9 Å². The van der Waals surface area contributed by atoms with Crippen LogP contribution in [0.15, 0.2) is 90.1 Å². The number of nitrogens with zero attached hydrogens (tertiary/aromatic N) is 2. The largest absolute Gasteiger partial charge is 0.411 e. The molecule has 1 atom stereocenters. The van der Waals surface area contributed by atoms with Crippen LogP contribution in [0.5, 0.6) is 0 Å². The van der Waals surface area contributed by atoms with Crippen LogP contribution in [0.25, 0.3) is 0 Å². The highest BCUT2D eigenvalue weighted by atomic mass is 16.6. The summed E-state index contributed by atoms with van der Waals surface area (Å²) in [5.41, 5.74) is 0.949. The molecule has 0 bridgehead atoms. The first-order valence-electron chi connectivity index (χ1n) is 8.23. The van der Waals surface area contributed by atoms with Crippen LogP contribution in [0.3, 0.4) is 0 Å². The van der Waals surface area contributed by atoms with Crippen molar-refractivity contribution in [2.24, 2.45) is 5.16 Å². The molecule has 27 heavy (non-hydrogen) atoms. The number of ketones is 1. The molecule has 0 aliphatic rings. The van der Waals surface area contributed by atoms with Crippen molar-refractivity contribution in [2.75, 3.05) is 0 Å². The number of nitro groups is 1. The first-order valence-corrected chi connectivity index (χ1v) is 8.23. The fourth-order valence-electron chi connectivity index (χ4n) is 2.97. The number of hydrogen-bond donors (Lipinski definition) is 1. The standard InChI is InChI=1S/C21H16N2O4/c24-21(17-13-7-8-14-18(17)23(26)27)19(15-9-3-1-4-10-15)20(22-25)16-11-5-2-6-12-16/h1-14,19,25H/b22-20+/t19-/m1/s1. The van der Waals surface area contributed by atoms with Crippen LogP contribution in [0.1, 0.15) is 27.4 Å². The third kappa shape index (κ3) is 3.74. The van der Waals surface area contributed by atoms with Crippen LogP contribution >= 0.6 is 0 Å². The van der Waals surface area contributed by atoms with E-state index < -0.39 is 16.6 Å². The van der Waals surface area contributed by atoms with Gasteiger partial charge in [-0.25, -0.2) is 0 Å². The number of oxime groups is 1. The van der Waals surface area contributed by atoms with Gasteiger partial charge in [-0.05, 0) is 11.6 Å². The summed E-state index contributed by atoms with van der Waals surface area (Å²) < 4.78 is 0. The van der Waals surface area contributed by atoms with Crippen LogP contribution in [0.4, 0.5) is 5.69 Å². The summed E-state index contributed by atoms with van der Waals surface area (Å²) in [5, 5.41) is 24.4. The third-order valence-electron chi connectivity index (χ3n) is 4.21. The lowest BCUT2D eigenvalue weighted by atomic mass is 9.83. The van der Waals surface area contributed by atoms with Crippen LogP contribution in [-0.2, 0) is 0 Å². The van der Waals surface area contributed by atoms with Crippen LogP contribution in [0, 0.1) is 10.1 Å². The van der Waals surface area contributed by atoms with E-state index in [-0.39, 0.29) is 17.0 Å². The van der Waals surface area contributed by atoms with Gasteiger partial charge in [-0.1, -0.05) is 78.0 Å². The van der Waals surface area contributed by atoms with Crippen molar-refractivity contribution in [2.45, 2.75) is 5.92 Å². The van der Waals surface area contributed by atoms with E-state index in [4.69, 9.17) is 0 Å². The maximum absolute atomic E-state index is 13.3. The molecule has 0 saturated carbocycles. The minimum absolute atomic E-state index is 0.0339. The van der Waals surface area contributed by atoms with Crippen molar-refractivity contribution in [1.82, 2.24) is 0 Å². The zero-order valence-electron chi connectivity index (χ0n) is 14.2. The maximum atomic E-state index is 13.3. The lowest BCUT2D eigenvalue weighted by Crippen LogP contribution is -2.24. The Morgan fingerprint density at radius 1 is 0.889 bits per heavy atom. The average molecular weight is 360 g/mol. The highest BCUT2D eigenvalue weighted by molar-refractivity contribution is 6.22. The summed E-state index contributed by atoms with van der Waals surface area (Å²) in [6, 6.07) is 23.3. The molecule has 0 heterocycles. The molecule has 0 aliphatic carbocycles. The van der Waals surface area contributed by atoms with Gasteiger partial charge in [-0.2, -0.15) is 0 Å². The normalized spacial score (nSPS) is 12.4. The van der Waals surface area contributed by atoms with Gasteiger partial charge < -0.3 is 5.21 Å². The molecule has 6 nitrogen and oxygen atoms in total. The summed E-state index contributed by atoms with van der Waals surface area (Å²) >= 11 is 0. The van der Waals surface area contributed by atoms with Crippen LogP contribution in [-0.4, -0.2) is 21.6 Å². The fraction of sp³-hybridized carbons (Fsp3) is 0.0476. The SMILES string of the molecule is O=C(c1ccccc1[N+](=O)[O-])[C@@H](/C(=N/O)c1ccccc1)c1ccccc1. The maximum Gasteiger partial charge on any atom is 0.280 e. The first-order chi connectivity index (χ1) is 13.1. The molecular weight excluding hydrogens is 344 g/mol. The number of carbonyl (C=O) groups is 1. The monoisotopic (exact) mass is 360 g/mol. The second-order valence-corrected chi connectivity index (χ2v) is 5.83. The minimum Gasteiger partial charge on any atom is -0.411 e. The topological polar surface area (TPSA) is 92.8 Å². The lowest BCUT2D eigenvalue weighted by molar-refractivity contribution is -0.385. The summed E-state index contributed by atoms with van der Waals surface area (Å²) in [5.74, 6) is -1.50. The molecule has 1 N–H and O–H groups in total. The Labute approximate surface area is 155 Å². The molecule has 3 aromatic carbocycles. The number of rotatable bonds is 6. The third-order valence-corrected chi connectivity index (χ3v) is 4.21. The molecule has 0 saturated heterocycles. The zero-order valence-corrected chi connectivity index (χ0v) is 14.2. The highest BCUT2D eigenvalue weighted by Crippen LogP contribution is 2.30. The molecule has 134 valence electrons. The van der Waals surface area contributed by atoms with Gasteiger partial charge in [0.1, 0.15) is 5.71 Å². The van der Waals surface area contributed by atoms with Crippen molar-refractivity contribution in [3.63, 3.8) is 0 Å². The van der Waals surface area contributed by atoms with Crippen LogP contribution in [0.2, 0.25) is 0 Å². The second-order valence-electron chi connectivity index (χ2n) is 5.83. The molecular formula is C21H16N2O4. The number of nitro benzene ring substituents is 1. The molecule has 3 aromatic rings. The molecule has 0 spiro atoms. The van der Waals surface area contributed by atoms with Gasteiger partial charge in [0.05, 0.1) is 16.4 Å². The average Bonchev–Trinajstić information content (AvgIpc) is 2.72. The highest BCUT2D eigenvalue weighted by Gasteiger charge is 2.32. The molecule has 6 heteroatoms. The van der Waals surface area contributed by atoms with Crippen molar-refractivity contribution in [3.8, 4) is 0 Å². The smallest absolute Gasteiger partial charge is 0.280 e. The second kappa shape index (κ2) is 8.05. The molecule has 0 unspecified atom stereocenters. The van der Waals surface area contributed by atoms with E-state index in [0.717, 1.165) is 0 Å². The number of benzene rings is 3. The molecule has 0 radical (unpaired) electrons. The van der Waals surface area contributed by atoms with Crippen LogP contribution < -0.4 is 0 Å². The lowest BCUT2D eigenvalue weighted by Gasteiger charge is -2.18. The Balaban J connectivity index is 2.17. The predicted molar refractivity (Wildman–Crippen MR) is 101 cm³/mol. The van der Waals surface area contributed by atoms with E-state index in [2.05, 4.69) is 5.16 Å². The summed E-state index contributed by atoms with van der Waals surface area (Å²) in [6.07, 6.45) is 0. The molecule has 3 rings (SSSR count). The van der Waals surface area contributed by atoms with Gasteiger partial charge in [-0.15, -0.1) is 0 Å². The van der Waals surface area contributed by atoms with E-state index in [1.807, 2.05) is 0 Å². The van der Waals surface area contributed by atoms with E-state index in [1.165, 1.54) is 18.2 Å². The van der Waals surface area contributed by atoms with Crippen molar-refractivity contribution in [3.05, 3.63) is 112 Å². The first kappa shape index (κ1) is 18.0. The van der Waals surface area contributed by atoms with Gasteiger partial charge >= 0.3 is 0 Å². The quantitative estimate of drug-likeness (QED) is 0.231. The van der Waals surface area contributed by atoms with Gasteiger partial charge in [0.15, 0.2) is 5.78 Å². The van der Waals surface area contributed by atoms with Crippen molar-refractivity contribution in [1.29, 1.82) is 0 Å². The summed E-state index contributed by atoms with van der Waals surface area (Å²) in [7, 11) is 0. The van der Waals surface area contributed by atoms with Gasteiger partial charge in [0.2, 0.25) is 0 Å². The Hall–Kier alpha value is -3.80. The van der Waals surface area contributed by atoms with E-state index >= 15 is 0 Å². The van der Waals surface area contributed by atoms with Crippen molar-refractivity contribution >= 4 is 17.2 Å². The number of hydrogen-bond acceptors (Lipinski definition) is 5.